The standard InChI is InChI=1S/C14H18N4O/c1-4-19-13-7-11(3)17-14(18-13)16-9-12-6-5-10(2)15-8-12/h5-8H,4,9H2,1-3H3,(H,16,17,18). The fraction of sp³-hybridized carbons (Fsp3) is 0.357. The van der Waals surface area contributed by atoms with Crippen molar-refractivity contribution in [3.63, 3.8) is 0 Å². The summed E-state index contributed by atoms with van der Waals surface area (Å²) in [6.45, 7) is 7.06. The Kier molecular flexibility index (Phi) is 4.28. The number of hydrogen-bond acceptors (Lipinski definition) is 5. The van der Waals surface area contributed by atoms with Crippen molar-refractivity contribution in [2.45, 2.75) is 27.3 Å². The molecule has 0 saturated heterocycles. The minimum absolute atomic E-state index is 0.573. The first-order valence-electron chi connectivity index (χ1n) is 6.31. The largest absolute Gasteiger partial charge is 0.478 e. The zero-order chi connectivity index (χ0) is 13.7. The summed E-state index contributed by atoms with van der Waals surface area (Å²) in [5, 5.41) is 3.18. The van der Waals surface area contributed by atoms with Gasteiger partial charge < -0.3 is 10.1 Å². The van der Waals surface area contributed by atoms with E-state index in [0.717, 1.165) is 17.0 Å². The maximum Gasteiger partial charge on any atom is 0.226 e. The lowest BCUT2D eigenvalue weighted by molar-refractivity contribution is 0.326. The summed E-state index contributed by atoms with van der Waals surface area (Å²) in [7, 11) is 0. The van der Waals surface area contributed by atoms with Crippen molar-refractivity contribution in [2.75, 3.05) is 11.9 Å². The number of rotatable bonds is 5. The van der Waals surface area contributed by atoms with Crippen molar-refractivity contribution >= 4 is 5.95 Å². The van der Waals surface area contributed by atoms with Crippen LogP contribution < -0.4 is 10.1 Å². The third kappa shape index (κ3) is 3.91. The number of aryl methyl sites for hydroxylation is 2. The predicted molar refractivity (Wildman–Crippen MR) is 74.2 cm³/mol. The molecule has 2 rings (SSSR count). The zero-order valence-electron chi connectivity index (χ0n) is 11.5. The summed E-state index contributed by atoms with van der Waals surface area (Å²) >= 11 is 0. The minimum Gasteiger partial charge on any atom is -0.478 e. The lowest BCUT2D eigenvalue weighted by Crippen LogP contribution is -2.06. The molecule has 1 N–H and O–H groups in total. The number of nitrogens with zero attached hydrogens (tertiary/aromatic N) is 3. The molecule has 0 radical (unpaired) electrons. The van der Waals surface area contributed by atoms with E-state index in [9.17, 15) is 0 Å². The summed E-state index contributed by atoms with van der Waals surface area (Å²) < 4.78 is 5.39. The van der Waals surface area contributed by atoms with Gasteiger partial charge in [0.15, 0.2) is 0 Å². The highest BCUT2D eigenvalue weighted by molar-refractivity contribution is 5.32. The smallest absolute Gasteiger partial charge is 0.226 e. The highest BCUT2D eigenvalue weighted by Gasteiger charge is 2.02. The average Bonchev–Trinajstić information content (AvgIpc) is 2.38. The van der Waals surface area contributed by atoms with Gasteiger partial charge in [0.05, 0.1) is 6.61 Å². The first kappa shape index (κ1) is 13.3. The van der Waals surface area contributed by atoms with Gasteiger partial charge in [-0.3, -0.25) is 4.98 Å². The number of aromatic nitrogens is 3. The predicted octanol–water partition coefficient (Wildman–Crippen LogP) is 2.50. The SMILES string of the molecule is CCOc1cc(C)nc(NCc2ccc(C)nc2)n1. The van der Waals surface area contributed by atoms with E-state index in [1.54, 1.807) is 0 Å². The number of anilines is 1. The maximum atomic E-state index is 5.39. The summed E-state index contributed by atoms with van der Waals surface area (Å²) in [6.07, 6.45) is 1.85. The van der Waals surface area contributed by atoms with Crippen LogP contribution in [0.5, 0.6) is 5.88 Å². The van der Waals surface area contributed by atoms with Crippen LogP contribution in [0.2, 0.25) is 0 Å². The van der Waals surface area contributed by atoms with Crippen LogP contribution in [-0.2, 0) is 6.54 Å². The van der Waals surface area contributed by atoms with Gasteiger partial charge in [-0.15, -0.1) is 0 Å². The number of pyridine rings is 1. The molecule has 2 aromatic heterocycles. The molecule has 0 fully saturated rings. The van der Waals surface area contributed by atoms with Gasteiger partial charge >= 0.3 is 0 Å². The van der Waals surface area contributed by atoms with E-state index >= 15 is 0 Å². The molecule has 19 heavy (non-hydrogen) atoms. The number of nitrogens with one attached hydrogen (secondary N) is 1. The molecular formula is C14H18N4O. The van der Waals surface area contributed by atoms with Crippen LogP contribution >= 0.6 is 0 Å². The third-order valence-corrected chi connectivity index (χ3v) is 2.55. The Balaban J connectivity index is 2.04. The first-order valence-corrected chi connectivity index (χ1v) is 6.31. The molecule has 0 atom stereocenters. The molecule has 100 valence electrons. The Hall–Kier alpha value is -2.17. The Morgan fingerprint density at radius 3 is 2.68 bits per heavy atom. The van der Waals surface area contributed by atoms with E-state index < -0.39 is 0 Å². The van der Waals surface area contributed by atoms with Crippen LogP contribution in [0.25, 0.3) is 0 Å². The Morgan fingerprint density at radius 2 is 2.00 bits per heavy atom. The lowest BCUT2D eigenvalue weighted by atomic mass is 10.2. The van der Waals surface area contributed by atoms with Crippen LogP contribution in [0.4, 0.5) is 5.95 Å². The molecule has 0 aliphatic heterocycles. The summed E-state index contributed by atoms with van der Waals surface area (Å²) in [4.78, 5) is 12.9. The van der Waals surface area contributed by atoms with E-state index in [1.807, 2.05) is 45.2 Å². The van der Waals surface area contributed by atoms with Crippen LogP contribution in [0.1, 0.15) is 23.9 Å². The molecular weight excluding hydrogens is 240 g/mol. The fourth-order valence-corrected chi connectivity index (χ4v) is 1.62. The number of ether oxygens (including phenoxy) is 1. The quantitative estimate of drug-likeness (QED) is 0.892. The normalized spacial score (nSPS) is 10.3. The molecule has 0 unspecified atom stereocenters. The fourth-order valence-electron chi connectivity index (χ4n) is 1.62. The summed E-state index contributed by atoms with van der Waals surface area (Å²) in [5.41, 5.74) is 2.98. The topological polar surface area (TPSA) is 59.9 Å². The van der Waals surface area contributed by atoms with Gasteiger partial charge in [-0.2, -0.15) is 4.98 Å². The van der Waals surface area contributed by atoms with Gasteiger partial charge in [-0.05, 0) is 32.4 Å². The summed E-state index contributed by atoms with van der Waals surface area (Å²) in [6, 6.07) is 5.84. The average molecular weight is 258 g/mol. The molecule has 5 nitrogen and oxygen atoms in total. The minimum atomic E-state index is 0.573. The van der Waals surface area contributed by atoms with Gasteiger partial charge in [0.1, 0.15) is 0 Å². The van der Waals surface area contributed by atoms with Crippen LogP contribution in [0, 0.1) is 13.8 Å². The van der Waals surface area contributed by atoms with Gasteiger partial charge in [0.2, 0.25) is 11.8 Å². The second-order valence-electron chi connectivity index (χ2n) is 4.27. The highest BCUT2D eigenvalue weighted by atomic mass is 16.5. The second-order valence-corrected chi connectivity index (χ2v) is 4.27. The Bertz CT molecular complexity index is 540. The Morgan fingerprint density at radius 1 is 1.16 bits per heavy atom. The van der Waals surface area contributed by atoms with E-state index in [0.29, 0.717) is 25.0 Å². The van der Waals surface area contributed by atoms with Gasteiger partial charge in [0.25, 0.3) is 0 Å². The molecule has 0 bridgehead atoms. The van der Waals surface area contributed by atoms with Gasteiger partial charge in [-0.25, -0.2) is 4.98 Å². The van der Waals surface area contributed by atoms with E-state index in [-0.39, 0.29) is 0 Å². The lowest BCUT2D eigenvalue weighted by Gasteiger charge is -2.08. The van der Waals surface area contributed by atoms with Crippen LogP contribution in [-0.4, -0.2) is 21.6 Å². The van der Waals surface area contributed by atoms with Crippen molar-refractivity contribution < 1.29 is 4.74 Å². The van der Waals surface area contributed by atoms with E-state index in [2.05, 4.69) is 20.3 Å². The van der Waals surface area contributed by atoms with Crippen molar-refractivity contribution in [3.05, 3.63) is 41.3 Å². The number of hydrogen-bond donors (Lipinski definition) is 1. The van der Waals surface area contributed by atoms with Crippen molar-refractivity contribution in [1.29, 1.82) is 0 Å². The molecule has 0 amide bonds. The van der Waals surface area contributed by atoms with E-state index in [4.69, 9.17) is 4.74 Å². The molecule has 0 aliphatic carbocycles. The summed E-state index contributed by atoms with van der Waals surface area (Å²) in [5.74, 6) is 1.17. The maximum absolute atomic E-state index is 5.39. The molecule has 0 spiro atoms. The van der Waals surface area contributed by atoms with Crippen molar-refractivity contribution in [2.24, 2.45) is 0 Å². The van der Waals surface area contributed by atoms with Gasteiger partial charge in [-0.1, -0.05) is 6.07 Å². The van der Waals surface area contributed by atoms with Gasteiger partial charge in [0, 0.05) is 30.2 Å². The van der Waals surface area contributed by atoms with Crippen LogP contribution in [0.3, 0.4) is 0 Å². The van der Waals surface area contributed by atoms with E-state index in [1.165, 1.54) is 0 Å². The molecule has 2 aromatic rings. The Labute approximate surface area is 113 Å². The van der Waals surface area contributed by atoms with Crippen molar-refractivity contribution in [1.82, 2.24) is 15.0 Å². The van der Waals surface area contributed by atoms with Crippen LogP contribution in [0.15, 0.2) is 24.4 Å². The molecule has 0 aromatic carbocycles. The molecule has 0 aliphatic rings. The zero-order valence-corrected chi connectivity index (χ0v) is 11.5. The first-order chi connectivity index (χ1) is 9.17. The molecule has 2 heterocycles. The highest BCUT2D eigenvalue weighted by Crippen LogP contribution is 2.12. The second kappa shape index (κ2) is 6.13. The van der Waals surface area contributed by atoms with Crippen molar-refractivity contribution in [3.8, 4) is 5.88 Å². The molecule has 0 saturated carbocycles. The molecule has 5 heteroatoms. The third-order valence-electron chi connectivity index (χ3n) is 2.55. The monoisotopic (exact) mass is 258 g/mol.